The molecule has 0 radical (unpaired) electrons. The average Bonchev–Trinajstić information content (AvgIpc) is 2.88. The fourth-order valence-corrected chi connectivity index (χ4v) is 1.64. The number of hydrogen-bond donors (Lipinski definition) is 2. The fourth-order valence-electron chi connectivity index (χ4n) is 1.64. The molecule has 6 nitrogen and oxygen atoms in total. The summed E-state index contributed by atoms with van der Waals surface area (Å²) < 4.78 is 4.99. The summed E-state index contributed by atoms with van der Waals surface area (Å²) in [6.07, 6.45) is 6.28. The first-order valence-corrected chi connectivity index (χ1v) is 6.52. The van der Waals surface area contributed by atoms with E-state index in [1.54, 1.807) is 21.2 Å². The van der Waals surface area contributed by atoms with Gasteiger partial charge in [0.1, 0.15) is 6.54 Å². The lowest BCUT2D eigenvalue weighted by Crippen LogP contribution is -2.44. The predicted octanol–water partition coefficient (Wildman–Crippen LogP) is 0.593. The number of likely N-dealkylation sites (N-methyl/N-ethyl adjacent to an activating group) is 1. The first kappa shape index (κ1) is 19.2. The summed E-state index contributed by atoms with van der Waals surface area (Å²) in [6.45, 7) is 1.42. The summed E-state index contributed by atoms with van der Waals surface area (Å²) in [6, 6.07) is 0.364. The minimum absolute atomic E-state index is 0. The Labute approximate surface area is 138 Å². The van der Waals surface area contributed by atoms with Crippen LogP contribution in [0, 0.1) is 0 Å². The molecule has 0 aromatic rings. The van der Waals surface area contributed by atoms with Gasteiger partial charge in [-0.05, 0) is 12.8 Å². The Morgan fingerprint density at radius 2 is 2.05 bits per heavy atom. The number of hydrogen-bond acceptors (Lipinski definition) is 3. The molecule has 2 N–H and O–H groups in total. The molecule has 0 bridgehead atoms. The molecule has 20 heavy (non-hydrogen) atoms. The maximum Gasteiger partial charge on any atom is 0.243 e. The zero-order valence-corrected chi connectivity index (χ0v) is 14.7. The molecule has 116 valence electrons. The van der Waals surface area contributed by atoms with Crippen molar-refractivity contribution in [1.29, 1.82) is 0 Å². The normalized spacial score (nSPS) is 14.8. The lowest BCUT2D eigenvalue weighted by atomic mass is 10.2. The number of halogens is 1. The monoisotopic (exact) mass is 396 g/mol. The van der Waals surface area contributed by atoms with Crippen molar-refractivity contribution in [3.05, 3.63) is 12.2 Å². The first-order valence-electron chi connectivity index (χ1n) is 6.52. The quantitative estimate of drug-likeness (QED) is 0.227. The van der Waals surface area contributed by atoms with Crippen LogP contribution >= 0.6 is 24.0 Å². The highest BCUT2D eigenvalue weighted by Crippen LogP contribution is 2.08. The van der Waals surface area contributed by atoms with E-state index in [-0.39, 0.29) is 36.4 Å². The molecule has 1 aliphatic carbocycles. The third kappa shape index (κ3) is 7.68. The Kier molecular flexibility index (Phi) is 10.4. The Hall–Kier alpha value is -0.830. The second-order valence-corrected chi connectivity index (χ2v) is 4.66. The van der Waals surface area contributed by atoms with Crippen molar-refractivity contribution in [2.24, 2.45) is 4.99 Å². The topological polar surface area (TPSA) is 66.0 Å². The van der Waals surface area contributed by atoms with Gasteiger partial charge in [0, 0.05) is 33.8 Å². The van der Waals surface area contributed by atoms with Crippen molar-refractivity contribution in [3.8, 4) is 0 Å². The molecule has 0 unspecified atom stereocenters. The van der Waals surface area contributed by atoms with Gasteiger partial charge in [-0.15, -0.1) is 24.0 Å². The maximum atomic E-state index is 11.5. The smallest absolute Gasteiger partial charge is 0.243 e. The molecule has 0 aromatic heterocycles. The van der Waals surface area contributed by atoms with Crippen LogP contribution in [0.25, 0.3) is 0 Å². The van der Waals surface area contributed by atoms with Gasteiger partial charge in [0.25, 0.3) is 0 Å². The van der Waals surface area contributed by atoms with E-state index in [0.29, 0.717) is 25.2 Å². The highest BCUT2D eigenvalue weighted by atomic mass is 127. The number of ether oxygens (including phenoxy) is 1. The molecule has 7 heteroatoms. The zero-order valence-electron chi connectivity index (χ0n) is 12.4. The number of guanidine groups is 1. The zero-order chi connectivity index (χ0) is 14.1. The number of carbonyl (C=O) groups excluding carboxylic acids is 1. The van der Waals surface area contributed by atoms with Crippen LogP contribution in [-0.4, -0.2) is 63.7 Å². The first-order chi connectivity index (χ1) is 9.13. The number of carbonyl (C=O) groups is 1. The van der Waals surface area contributed by atoms with Crippen molar-refractivity contribution in [3.63, 3.8) is 0 Å². The molecule has 0 heterocycles. The standard InChI is InChI=1S/C13H24N4O2.HI/c1-17(2)12(18)10-15-13(14-8-9-19-3)16-11-6-4-5-7-11;/h4-5,11H,6-10H2,1-3H3,(H2,14,15,16);1H. The van der Waals surface area contributed by atoms with Gasteiger partial charge in [-0.25, -0.2) is 4.99 Å². The number of amides is 1. The van der Waals surface area contributed by atoms with Crippen molar-refractivity contribution < 1.29 is 9.53 Å². The van der Waals surface area contributed by atoms with E-state index >= 15 is 0 Å². The SMILES string of the molecule is COCCNC(=NCC(=O)N(C)C)NC1CC=CC1.I. The molecular weight excluding hydrogens is 371 g/mol. The van der Waals surface area contributed by atoms with Gasteiger partial charge in [-0.1, -0.05) is 12.2 Å². The molecule has 0 aliphatic heterocycles. The molecule has 1 aliphatic rings. The number of methoxy groups -OCH3 is 1. The molecule has 0 fully saturated rings. The van der Waals surface area contributed by atoms with Crippen molar-refractivity contribution in [2.75, 3.05) is 40.9 Å². The Balaban J connectivity index is 0.00000361. The Morgan fingerprint density at radius 3 is 2.60 bits per heavy atom. The molecule has 0 aromatic carbocycles. The Bertz CT molecular complexity index is 337. The van der Waals surface area contributed by atoms with Crippen molar-refractivity contribution in [2.45, 2.75) is 18.9 Å². The van der Waals surface area contributed by atoms with E-state index in [1.807, 2.05) is 0 Å². The number of rotatable bonds is 6. The molecule has 0 saturated heterocycles. The van der Waals surface area contributed by atoms with E-state index in [4.69, 9.17) is 4.74 Å². The molecule has 0 spiro atoms. The second-order valence-electron chi connectivity index (χ2n) is 4.66. The van der Waals surface area contributed by atoms with Crippen LogP contribution in [0.4, 0.5) is 0 Å². The summed E-state index contributed by atoms with van der Waals surface area (Å²) in [5.41, 5.74) is 0. The maximum absolute atomic E-state index is 11.5. The van der Waals surface area contributed by atoms with Gasteiger partial charge in [0.2, 0.25) is 5.91 Å². The van der Waals surface area contributed by atoms with Crippen molar-refractivity contribution in [1.82, 2.24) is 15.5 Å². The molecule has 0 atom stereocenters. The van der Waals surface area contributed by atoms with Crippen LogP contribution in [-0.2, 0) is 9.53 Å². The highest BCUT2D eigenvalue weighted by molar-refractivity contribution is 14.0. The minimum Gasteiger partial charge on any atom is -0.383 e. The summed E-state index contributed by atoms with van der Waals surface area (Å²) in [5, 5.41) is 6.48. The molecule has 1 amide bonds. The van der Waals surface area contributed by atoms with Crippen LogP contribution in [0.3, 0.4) is 0 Å². The van der Waals surface area contributed by atoms with E-state index in [1.165, 1.54) is 4.90 Å². The lowest BCUT2D eigenvalue weighted by Gasteiger charge is -2.17. The van der Waals surface area contributed by atoms with Crippen LogP contribution in [0.15, 0.2) is 17.1 Å². The average molecular weight is 396 g/mol. The third-order valence-corrected chi connectivity index (χ3v) is 2.82. The highest BCUT2D eigenvalue weighted by Gasteiger charge is 2.12. The van der Waals surface area contributed by atoms with Gasteiger partial charge in [0.05, 0.1) is 6.61 Å². The second kappa shape index (κ2) is 10.9. The summed E-state index contributed by atoms with van der Waals surface area (Å²) in [7, 11) is 5.11. The number of nitrogens with zero attached hydrogens (tertiary/aromatic N) is 2. The van der Waals surface area contributed by atoms with Gasteiger partial charge >= 0.3 is 0 Å². The number of aliphatic imine (C=N–C) groups is 1. The largest absolute Gasteiger partial charge is 0.383 e. The van der Waals surface area contributed by atoms with Gasteiger partial charge in [-0.2, -0.15) is 0 Å². The van der Waals surface area contributed by atoms with Crippen molar-refractivity contribution >= 4 is 35.8 Å². The predicted molar refractivity (Wildman–Crippen MR) is 91.6 cm³/mol. The fraction of sp³-hybridized carbons (Fsp3) is 0.692. The van der Waals surface area contributed by atoms with Crippen LogP contribution in [0.1, 0.15) is 12.8 Å². The summed E-state index contributed by atoms with van der Waals surface area (Å²) >= 11 is 0. The molecule has 0 saturated carbocycles. The number of nitrogens with one attached hydrogen (secondary N) is 2. The molecule has 1 rings (SSSR count). The van der Waals surface area contributed by atoms with Crippen LogP contribution < -0.4 is 10.6 Å². The lowest BCUT2D eigenvalue weighted by molar-refractivity contribution is -0.127. The minimum atomic E-state index is -0.0163. The van der Waals surface area contributed by atoms with Crippen LogP contribution in [0.5, 0.6) is 0 Å². The third-order valence-electron chi connectivity index (χ3n) is 2.82. The van der Waals surface area contributed by atoms with E-state index < -0.39 is 0 Å². The van der Waals surface area contributed by atoms with E-state index in [9.17, 15) is 4.79 Å². The van der Waals surface area contributed by atoms with E-state index in [2.05, 4.69) is 27.8 Å². The van der Waals surface area contributed by atoms with Gasteiger partial charge < -0.3 is 20.3 Å². The summed E-state index contributed by atoms with van der Waals surface area (Å²) in [4.78, 5) is 17.4. The Morgan fingerprint density at radius 1 is 1.40 bits per heavy atom. The van der Waals surface area contributed by atoms with Gasteiger partial charge in [0.15, 0.2) is 5.96 Å². The van der Waals surface area contributed by atoms with E-state index in [0.717, 1.165) is 12.8 Å². The molecular formula is C13H25IN4O2. The van der Waals surface area contributed by atoms with Crippen LogP contribution in [0.2, 0.25) is 0 Å². The summed E-state index contributed by atoms with van der Waals surface area (Å²) in [5.74, 6) is 0.651. The van der Waals surface area contributed by atoms with Gasteiger partial charge in [-0.3, -0.25) is 4.79 Å².